The predicted molar refractivity (Wildman–Crippen MR) is 68.5 cm³/mol. The van der Waals surface area contributed by atoms with Gasteiger partial charge < -0.3 is 9.47 Å². The highest BCUT2D eigenvalue weighted by molar-refractivity contribution is 5.37. The Hall–Kier alpha value is -2.61. The van der Waals surface area contributed by atoms with Gasteiger partial charge in [0.05, 0.1) is 11.6 Å². The van der Waals surface area contributed by atoms with Gasteiger partial charge in [-0.2, -0.15) is 5.26 Å². The first kappa shape index (κ1) is 13.8. The van der Waals surface area contributed by atoms with Crippen LogP contribution in [0.15, 0.2) is 42.5 Å². The van der Waals surface area contributed by atoms with Crippen molar-refractivity contribution in [3.63, 3.8) is 0 Å². The smallest absolute Gasteiger partial charge is 0.190 e. The van der Waals surface area contributed by atoms with Crippen molar-refractivity contribution >= 4 is 0 Å². The Labute approximate surface area is 115 Å². The molecular formula is C15H11F2NO2. The van der Waals surface area contributed by atoms with Gasteiger partial charge in [-0.15, -0.1) is 0 Å². The molecule has 0 saturated heterocycles. The first-order valence-corrected chi connectivity index (χ1v) is 5.90. The second kappa shape index (κ2) is 6.53. The van der Waals surface area contributed by atoms with E-state index in [1.807, 2.05) is 18.2 Å². The van der Waals surface area contributed by atoms with Crippen molar-refractivity contribution < 1.29 is 18.3 Å². The lowest BCUT2D eigenvalue weighted by atomic mass is 10.2. The first-order chi connectivity index (χ1) is 9.70. The summed E-state index contributed by atoms with van der Waals surface area (Å²) >= 11 is 0. The minimum absolute atomic E-state index is 0.00532. The van der Waals surface area contributed by atoms with E-state index in [0.29, 0.717) is 5.75 Å². The number of halogens is 2. The maximum atomic E-state index is 13.5. The van der Waals surface area contributed by atoms with E-state index in [-0.39, 0.29) is 18.8 Å². The molecule has 2 aromatic rings. The van der Waals surface area contributed by atoms with Crippen molar-refractivity contribution in [3.8, 4) is 17.6 Å². The monoisotopic (exact) mass is 275 g/mol. The molecule has 0 heterocycles. The van der Waals surface area contributed by atoms with E-state index in [2.05, 4.69) is 0 Å². The van der Waals surface area contributed by atoms with Crippen LogP contribution in [0.2, 0.25) is 0 Å². The zero-order valence-corrected chi connectivity index (χ0v) is 10.5. The van der Waals surface area contributed by atoms with Crippen molar-refractivity contribution in [3.05, 3.63) is 59.7 Å². The summed E-state index contributed by atoms with van der Waals surface area (Å²) in [6.07, 6.45) is 0. The quantitative estimate of drug-likeness (QED) is 0.786. The molecule has 2 rings (SSSR count). The molecule has 0 aromatic heterocycles. The molecule has 0 aliphatic rings. The highest BCUT2D eigenvalue weighted by Gasteiger charge is 2.12. The molecule has 0 radical (unpaired) electrons. The second-order valence-corrected chi connectivity index (χ2v) is 3.89. The summed E-state index contributed by atoms with van der Waals surface area (Å²) in [5.41, 5.74) is -0.0899. The zero-order chi connectivity index (χ0) is 14.4. The second-order valence-electron chi connectivity index (χ2n) is 3.89. The molecule has 0 atom stereocenters. The standard InChI is InChI=1S/C15H11F2NO2/c16-13-8-11(10-18)9-14(17)15(13)20-7-6-19-12-4-2-1-3-5-12/h1-5,8-9H,6-7H2. The fourth-order valence-electron chi connectivity index (χ4n) is 1.58. The van der Waals surface area contributed by atoms with Crippen LogP contribution in [-0.2, 0) is 0 Å². The molecule has 3 nitrogen and oxygen atoms in total. The van der Waals surface area contributed by atoms with E-state index >= 15 is 0 Å². The van der Waals surface area contributed by atoms with Gasteiger partial charge in [0.25, 0.3) is 0 Å². The molecule has 2 aromatic carbocycles. The highest BCUT2D eigenvalue weighted by Crippen LogP contribution is 2.23. The number of rotatable bonds is 5. The molecule has 0 unspecified atom stereocenters. The Kier molecular flexibility index (Phi) is 4.51. The van der Waals surface area contributed by atoms with Crippen LogP contribution in [0.5, 0.6) is 11.5 Å². The fraction of sp³-hybridized carbons (Fsp3) is 0.133. The molecule has 0 amide bonds. The minimum Gasteiger partial charge on any atom is -0.490 e. The third kappa shape index (κ3) is 3.45. The minimum atomic E-state index is -0.902. The lowest BCUT2D eigenvalue weighted by Gasteiger charge is -2.09. The summed E-state index contributed by atoms with van der Waals surface area (Å²) in [6, 6.07) is 12.5. The summed E-state index contributed by atoms with van der Waals surface area (Å²) in [6.45, 7) is 0.150. The number of nitriles is 1. The number of nitrogens with zero attached hydrogens (tertiary/aromatic N) is 1. The maximum absolute atomic E-state index is 13.5. The molecule has 5 heteroatoms. The summed E-state index contributed by atoms with van der Waals surface area (Å²) in [5, 5.41) is 8.57. The van der Waals surface area contributed by atoms with Gasteiger partial charge >= 0.3 is 0 Å². The predicted octanol–water partition coefficient (Wildman–Crippen LogP) is 3.29. The molecule has 0 N–H and O–H groups in total. The van der Waals surface area contributed by atoms with Crippen LogP contribution in [0, 0.1) is 23.0 Å². The number of ether oxygens (including phenoxy) is 2. The van der Waals surface area contributed by atoms with Crippen LogP contribution >= 0.6 is 0 Å². The van der Waals surface area contributed by atoms with Crippen LogP contribution in [0.1, 0.15) is 5.56 Å². The van der Waals surface area contributed by atoms with Gasteiger partial charge in [0.2, 0.25) is 0 Å². The molecule has 0 bridgehead atoms. The van der Waals surface area contributed by atoms with Crippen LogP contribution in [0.3, 0.4) is 0 Å². The van der Waals surface area contributed by atoms with Gasteiger partial charge in [-0.1, -0.05) is 18.2 Å². The van der Waals surface area contributed by atoms with Gasteiger partial charge in [0, 0.05) is 0 Å². The average Bonchev–Trinajstić information content (AvgIpc) is 2.46. The zero-order valence-electron chi connectivity index (χ0n) is 10.5. The van der Waals surface area contributed by atoms with Gasteiger partial charge in [-0.05, 0) is 24.3 Å². The highest BCUT2D eigenvalue weighted by atomic mass is 19.1. The Balaban J connectivity index is 1.90. The summed E-state index contributed by atoms with van der Waals surface area (Å²) in [5.74, 6) is -1.65. The SMILES string of the molecule is N#Cc1cc(F)c(OCCOc2ccccc2)c(F)c1. The van der Waals surface area contributed by atoms with Crippen LogP contribution in [0.4, 0.5) is 8.78 Å². The van der Waals surface area contributed by atoms with Gasteiger partial charge in [0.1, 0.15) is 19.0 Å². The Bertz CT molecular complexity index is 601. The molecule has 0 spiro atoms. The lowest BCUT2D eigenvalue weighted by molar-refractivity contribution is 0.205. The largest absolute Gasteiger partial charge is 0.490 e. The molecule has 0 saturated carbocycles. The van der Waals surface area contributed by atoms with E-state index in [9.17, 15) is 8.78 Å². The van der Waals surface area contributed by atoms with Crippen molar-refractivity contribution in [2.75, 3.05) is 13.2 Å². The molecule has 0 aliphatic heterocycles. The molecule has 0 fully saturated rings. The third-order valence-electron chi connectivity index (χ3n) is 2.47. The van der Waals surface area contributed by atoms with E-state index in [0.717, 1.165) is 12.1 Å². The molecule has 20 heavy (non-hydrogen) atoms. The number of hydrogen-bond acceptors (Lipinski definition) is 3. The van der Waals surface area contributed by atoms with Crippen molar-refractivity contribution in [1.29, 1.82) is 5.26 Å². The van der Waals surface area contributed by atoms with Gasteiger partial charge in [-0.3, -0.25) is 0 Å². The van der Waals surface area contributed by atoms with Crippen molar-refractivity contribution in [2.45, 2.75) is 0 Å². The Morgan fingerprint density at radius 2 is 1.55 bits per heavy atom. The van der Waals surface area contributed by atoms with Gasteiger partial charge in [0.15, 0.2) is 17.4 Å². The summed E-state index contributed by atoms with van der Waals surface area (Å²) < 4.78 is 37.3. The summed E-state index contributed by atoms with van der Waals surface area (Å²) in [4.78, 5) is 0. The van der Waals surface area contributed by atoms with Crippen molar-refractivity contribution in [2.24, 2.45) is 0 Å². The van der Waals surface area contributed by atoms with Crippen LogP contribution in [-0.4, -0.2) is 13.2 Å². The van der Waals surface area contributed by atoms with E-state index < -0.39 is 17.4 Å². The molecule has 102 valence electrons. The molecule has 0 aliphatic carbocycles. The first-order valence-electron chi connectivity index (χ1n) is 5.90. The number of hydrogen-bond donors (Lipinski definition) is 0. The number of para-hydroxylation sites is 1. The van der Waals surface area contributed by atoms with Crippen molar-refractivity contribution in [1.82, 2.24) is 0 Å². The normalized spacial score (nSPS) is 9.85. The fourth-order valence-corrected chi connectivity index (χ4v) is 1.58. The topological polar surface area (TPSA) is 42.2 Å². The Morgan fingerprint density at radius 3 is 2.15 bits per heavy atom. The average molecular weight is 275 g/mol. The van der Waals surface area contributed by atoms with Crippen LogP contribution < -0.4 is 9.47 Å². The maximum Gasteiger partial charge on any atom is 0.190 e. The summed E-state index contributed by atoms with van der Waals surface area (Å²) in [7, 11) is 0. The van der Waals surface area contributed by atoms with E-state index in [1.165, 1.54) is 0 Å². The van der Waals surface area contributed by atoms with E-state index in [1.54, 1.807) is 18.2 Å². The van der Waals surface area contributed by atoms with Crippen LogP contribution in [0.25, 0.3) is 0 Å². The van der Waals surface area contributed by atoms with Gasteiger partial charge in [-0.25, -0.2) is 8.78 Å². The lowest BCUT2D eigenvalue weighted by Crippen LogP contribution is -2.10. The number of benzene rings is 2. The Morgan fingerprint density at radius 1 is 0.950 bits per heavy atom. The molecular weight excluding hydrogens is 264 g/mol. The van der Waals surface area contributed by atoms with E-state index in [4.69, 9.17) is 14.7 Å². The third-order valence-corrected chi connectivity index (χ3v) is 2.47.